The number of rotatable bonds is 10. The van der Waals surface area contributed by atoms with Crippen LogP contribution in [0.5, 0.6) is 11.5 Å². The summed E-state index contributed by atoms with van der Waals surface area (Å²) in [7, 11) is 0. The second-order valence-corrected chi connectivity index (χ2v) is 7.63. The van der Waals surface area contributed by atoms with Crippen LogP contribution in [0.25, 0.3) is 0 Å². The van der Waals surface area contributed by atoms with Gasteiger partial charge in [0.15, 0.2) is 0 Å². The molecule has 0 aliphatic rings. The van der Waals surface area contributed by atoms with Crippen molar-refractivity contribution in [3.63, 3.8) is 0 Å². The van der Waals surface area contributed by atoms with E-state index in [1.165, 1.54) is 0 Å². The molecule has 0 spiro atoms. The number of benzene rings is 2. The van der Waals surface area contributed by atoms with E-state index in [-0.39, 0.29) is 6.61 Å². The predicted molar refractivity (Wildman–Crippen MR) is 111 cm³/mol. The number of hydrogen-bond donors (Lipinski definition) is 1. The first kappa shape index (κ1) is 21.6. The van der Waals surface area contributed by atoms with Crippen molar-refractivity contribution in [3.8, 4) is 11.5 Å². The summed E-state index contributed by atoms with van der Waals surface area (Å²) in [5, 5.41) is 2.76. The Labute approximate surface area is 168 Å². The van der Waals surface area contributed by atoms with Crippen molar-refractivity contribution in [2.75, 3.05) is 13.2 Å². The standard InChI is InChI=1S/C23H31NO4/c1-17(2)14-26-21-9-5-19(6-10-21)13-24-23(25)28-16-20-7-11-22(12-8-20)27-15-18(3)4/h5-12,17-18H,13-16H2,1-4H3,(H,24,25). The minimum absolute atomic E-state index is 0.221. The summed E-state index contributed by atoms with van der Waals surface area (Å²) in [6, 6.07) is 15.3. The third-order valence-corrected chi connectivity index (χ3v) is 3.82. The molecule has 2 aromatic carbocycles. The molecule has 0 bridgehead atoms. The number of amides is 1. The molecule has 0 saturated heterocycles. The van der Waals surface area contributed by atoms with Crippen LogP contribution in [0.2, 0.25) is 0 Å². The summed E-state index contributed by atoms with van der Waals surface area (Å²) in [5.41, 5.74) is 1.90. The van der Waals surface area contributed by atoms with Gasteiger partial charge in [-0.3, -0.25) is 0 Å². The lowest BCUT2D eigenvalue weighted by atomic mass is 10.2. The first-order valence-electron chi connectivity index (χ1n) is 9.76. The molecule has 0 unspecified atom stereocenters. The predicted octanol–water partition coefficient (Wildman–Crippen LogP) is 5.18. The van der Waals surface area contributed by atoms with E-state index in [4.69, 9.17) is 14.2 Å². The lowest BCUT2D eigenvalue weighted by molar-refractivity contribution is 0.139. The van der Waals surface area contributed by atoms with Gasteiger partial charge >= 0.3 is 6.09 Å². The maximum atomic E-state index is 11.9. The van der Waals surface area contributed by atoms with Gasteiger partial charge in [-0.05, 0) is 47.2 Å². The third-order valence-electron chi connectivity index (χ3n) is 3.82. The Morgan fingerprint density at radius 3 is 1.71 bits per heavy atom. The second-order valence-electron chi connectivity index (χ2n) is 7.63. The molecular weight excluding hydrogens is 354 g/mol. The molecule has 2 aromatic rings. The lowest BCUT2D eigenvalue weighted by Gasteiger charge is -2.11. The molecule has 0 aromatic heterocycles. The highest BCUT2D eigenvalue weighted by Crippen LogP contribution is 2.15. The monoisotopic (exact) mass is 385 g/mol. The average molecular weight is 386 g/mol. The number of ether oxygens (including phenoxy) is 3. The molecule has 0 saturated carbocycles. The Hall–Kier alpha value is -2.69. The summed E-state index contributed by atoms with van der Waals surface area (Å²) < 4.78 is 16.6. The molecule has 0 aliphatic heterocycles. The van der Waals surface area contributed by atoms with Crippen molar-refractivity contribution in [3.05, 3.63) is 59.7 Å². The molecule has 1 amide bonds. The molecule has 0 atom stereocenters. The number of hydrogen-bond acceptors (Lipinski definition) is 4. The van der Waals surface area contributed by atoms with Gasteiger partial charge in [0.2, 0.25) is 0 Å². The maximum Gasteiger partial charge on any atom is 0.407 e. The van der Waals surface area contributed by atoms with Crippen molar-refractivity contribution in [1.82, 2.24) is 5.32 Å². The Bertz CT molecular complexity index is 647. The molecule has 152 valence electrons. The molecule has 1 N–H and O–H groups in total. The van der Waals surface area contributed by atoms with Crippen LogP contribution in [0.1, 0.15) is 38.8 Å². The van der Waals surface area contributed by atoms with Gasteiger partial charge in [0.25, 0.3) is 0 Å². The van der Waals surface area contributed by atoms with Gasteiger partial charge in [-0.2, -0.15) is 0 Å². The van der Waals surface area contributed by atoms with Gasteiger partial charge in [-0.15, -0.1) is 0 Å². The maximum absolute atomic E-state index is 11.9. The van der Waals surface area contributed by atoms with Gasteiger partial charge in [-0.25, -0.2) is 4.79 Å². The normalized spacial score (nSPS) is 10.8. The van der Waals surface area contributed by atoms with E-state index < -0.39 is 6.09 Å². The van der Waals surface area contributed by atoms with Gasteiger partial charge in [0, 0.05) is 6.54 Å². The average Bonchev–Trinajstić information content (AvgIpc) is 2.69. The molecule has 0 aliphatic carbocycles. The topological polar surface area (TPSA) is 56.8 Å². The first-order chi connectivity index (χ1) is 13.4. The molecule has 28 heavy (non-hydrogen) atoms. The van der Waals surface area contributed by atoms with Crippen LogP contribution < -0.4 is 14.8 Å². The Morgan fingerprint density at radius 1 is 0.786 bits per heavy atom. The van der Waals surface area contributed by atoms with Gasteiger partial charge in [-0.1, -0.05) is 52.0 Å². The molecule has 0 fully saturated rings. The summed E-state index contributed by atoms with van der Waals surface area (Å²) in [5.74, 6) is 2.62. The smallest absolute Gasteiger partial charge is 0.407 e. The van der Waals surface area contributed by atoms with E-state index in [0.717, 1.165) is 22.6 Å². The Kier molecular flexibility index (Phi) is 8.66. The minimum Gasteiger partial charge on any atom is -0.493 e. The minimum atomic E-state index is -0.444. The van der Waals surface area contributed by atoms with E-state index in [1.54, 1.807) is 0 Å². The summed E-state index contributed by atoms with van der Waals surface area (Å²) in [4.78, 5) is 11.9. The van der Waals surface area contributed by atoms with Crippen molar-refractivity contribution in [2.24, 2.45) is 11.8 Å². The second kappa shape index (κ2) is 11.2. The molecule has 0 radical (unpaired) electrons. The van der Waals surface area contributed by atoms with E-state index in [9.17, 15) is 4.79 Å². The number of alkyl carbamates (subject to hydrolysis) is 1. The highest BCUT2D eigenvalue weighted by molar-refractivity contribution is 5.67. The van der Waals surface area contributed by atoms with Crippen LogP contribution in [-0.2, 0) is 17.9 Å². The van der Waals surface area contributed by atoms with Gasteiger partial charge in [0.1, 0.15) is 18.1 Å². The number of nitrogens with one attached hydrogen (secondary N) is 1. The fourth-order valence-corrected chi connectivity index (χ4v) is 2.29. The van der Waals surface area contributed by atoms with E-state index in [0.29, 0.717) is 31.6 Å². The number of carbonyl (C=O) groups is 1. The lowest BCUT2D eigenvalue weighted by Crippen LogP contribution is -2.23. The fraction of sp³-hybridized carbons (Fsp3) is 0.435. The molecular formula is C23H31NO4. The van der Waals surface area contributed by atoms with Crippen LogP contribution in [0.3, 0.4) is 0 Å². The largest absolute Gasteiger partial charge is 0.493 e. The first-order valence-corrected chi connectivity index (χ1v) is 9.76. The highest BCUT2D eigenvalue weighted by Gasteiger charge is 2.04. The molecule has 0 heterocycles. The van der Waals surface area contributed by atoms with Crippen LogP contribution >= 0.6 is 0 Å². The van der Waals surface area contributed by atoms with E-state index in [1.807, 2.05) is 48.5 Å². The zero-order valence-corrected chi connectivity index (χ0v) is 17.2. The van der Waals surface area contributed by atoms with Crippen molar-refractivity contribution in [1.29, 1.82) is 0 Å². The van der Waals surface area contributed by atoms with Crippen molar-refractivity contribution >= 4 is 6.09 Å². The van der Waals surface area contributed by atoms with Crippen LogP contribution in [0.4, 0.5) is 4.79 Å². The zero-order chi connectivity index (χ0) is 20.4. The van der Waals surface area contributed by atoms with E-state index in [2.05, 4.69) is 33.0 Å². The molecule has 2 rings (SSSR count). The van der Waals surface area contributed by atoms with E-state index >= 15 is 0 Å². The molecule has 5 nitrogen and oxygen atoms in total. The summed E-state index contributed by atoms with van der Waals surface area (Å²) in [6.45, 7) is 10.4. The van der Waals surface area contributed by atoms with Crippen molar-refractivity contribution < 1.29 is 19.0 Å². The highest BCUT2D eigenvalue weighted by atomic mass is 16.5. The molecule has 5 heteroatoms. The van der Waals surface area contributed by atoms with Crippen LogP contribution in [-0.4, -0.2) is 19.3 Å². The summed E-state index contributed by atoms with van der Waals surface area (Å²) in [6.07, 6.45) is -0.444. The van der Waals surface area contributed by atoms with Crippen molar-refractivity contribution in [2.45, 2.75) is 40.8 Å². The Balaban J connectivity index is 1.69. The Morgan fingerprint density at radius 2 is 1.25 bits per heavy atom. The summed E-state index contributed by atoms with van der Waals surface area (Å²) >= 11 is 0. The fourth-order valence-electron chi connectivity index (χ4n) is 2.29. The van der Waals surface area contributed by atoms with Crippen LogP contribution in [0, 0.1) is 11.8 Å². The van der Waals surface area contributed by atoms with Gasteiger partial charge in [0.05, 0.1) is 13.2 Å². The quantitative estimate of drug-likeness (QED) is 0.612. The number of carbonyl (C=O) groups excluding carboxylic acids is 1. The van der Waals surface area contributed by atoms with Crippen LogP contribution in [0.15, 0.2) is 48.5 Å². The third kappa shape index (κ3) is 8.33. The van der Waals surface area contributed by atoms with Gasteiger partial charge < -0.3 is 19.5 Å². The SMILES string of the molecule is CC(C)COc1ccc(CNC(=O)OCc2ccc(OCC(C)C)cc2)cc1. The zero-order valence-electron chi connectivity index (χ0n) is 17.2.